The number of piperazine rings is 1. The van der Waals surface area contributed by atoms with Crippen LogP contribution in [0.25, 0.3) is 28.0 Å². The summed E-state index contributed by atoms with van der Waals surface area (Å²) in [5.41, 5.74) is 8.21. The van der Waals surface area contributed by atoms with Crippen LogP contribution in [0.3, 0.4) is 0 Å². The smallest absolute Gasteiger partial charge is 0.253 e. The number of aromatic nitrogens is 2. The van der Waals surface area contributed by atoms with Crippen LogP contribution in [0.5, 0.6) is 0 Å². The van der Waals surface area contributed by atoms with E-state index in [0.717, 1.165) is 47.8 Å². The summed E-state index contributed by atoms with van der Waals surface area (Å²) < 4.78 is 15.5. The minimum atomic E-state index is -0.334. The summed E-state index contributed by atoms with van der Waals surface area (Å²) in [6, 6.07) is 28.9. The molecule has 0 bridgehead atoms. The number of halogens is 1. The van der Waals surface area contributed by atoms with E-state index in [1.54, 1.807) is 12.1 Å². The van der Waals surface area contributed by atoms with Gasteiger partial charge in [-0.2, -0.15) is 0 Å². The highest BCUT2D eigenvalue weighted by Gasteiger charge is 2.24. The normalized spacial score (nSPS) is 14.2. The lowest BCUT2D eigenvalue weighted by atomic mass is 10.1. The second-order valence-electron chi connectivity index (χ2n) is 9.86. The number of hydrogen-bond donors (Lipinski definition) is 0. The van der Waals surface area contributed by atoms with Crippen molar-refractivity contribution in [3.05, 3.63) is 120 Å². The Labute approximate surface area is 221 Å². The van der Waals surface area contributed by atoms with E-state index >= 15 is 0 Å². The number of imidazole rings is 1. The second kappa shape index (κ2) is 10.2. The quantitative estimate of drug-likeness (QED) is 0.292. The number of nitrogens with zero attached hydrogens (tertiary/aromatic N) is 4. The minimum Gasteiger partial charge on any atom is -0.336 e. The molecule has 1 aliphatic rings. The molecule has 0 N–H and O–H groups in total. The summed E-state index contributed by atoms with van der Waals surface area (Å²) in [5.74, 6) is -0.383. The van der Waals surface area contributed by atoms with Crippen molar-refractivity contribution in [3.63, 3.8) is 0 Å². The molecule has 3 aromatic carbocycles. The molecule has 0 aliphatic carbocycles. The molecule has 1 saturated heterocycles. The average Bonchev–Trinajstić information content (AvgIpc) is 3.31. The number of rotatable bonds is 5. The molecule has 2 aromatic heterocycles. The van der Waals surface area contributed by atoms with Gasteiger partial charge in [0.15, 0.2) is 0 Å². The van der Waals surface area contributed by atoms with Crippen molar-refractivity contribution in [2.75, 3.05) is 26.2 Å². The van der Waals surface area contributed by atoms with Gasteiger partial charge in [0, 0.05) is 50.0 Å². The van der Waals surface area contributed by atoms with E-state index in [1.165, 1.54) is 23.3 Å². The Morgan fingerprint density at radius 1 is 0.816 bits per heavy atom. The van der Waals surface area contributed by atoms with Crippen LogP contribution in [0, 0.1) is 12.7 Å². The van der Waals surface area contributed by atoms with Gasteiger partial charge in [-0.15, -0.1) is 0 Å². The van der Waals surface area contributed by atoms with Crippen molar-refractivity contribution in [2.45, 2.75) is 13.5 Å². The largest absolute Gasteiger partial charge is 0.336 e. The molecular weight excluding hydrogens is 475 g/mol. The van der Waals surface area contributed by atoms with Gasteiger partial charge in [-0.1, -0.05) is 60.2 Å². The molecule has 6 heteroatoms. The zero-order chi connectivity index (χ0) is 26.1. The molecule has 6 rings (SSSR count). The van der Waals surface area contributed by atoms with E-state index in [2.05, 4.69) is 71.0 Å². The summed E-state index contributed by atoms with van der Waals surface area (Å²) in [6.07, 6.45) is 2.19. The monoisotopic (exact) mass is 504 g/mol. The van der Waals surface area contributed by atoms with Crippen LogP contribution in [0.15, 0.2) is 97.2 Å². The van der Waals surface area contributed by atoms with Crippen LogP contribution in [0.1, 0.15) is 21.6 Å². The third-order valence-electron chi connectivity index (χ3n) is 7.24. The van der Waals surface area contributed by atoms with Gasteiger partial charge < -0.3 is 9.30 Å². The molecule has 0 atom stereocenters. The summed E-state index contributed by atoms with van der Waals surface area (Å²) in [4.78, 5) is 22.2. The zero-order valence-corrected chi connectivity index (χ0v) is 21.3. The van der Waals surface area contributed by atoms with E-state index in [0.29, 0.717) is 18.7 Å². The molecule has 0 saturated carbocycles. The molecule has 190 valence electrons. The fourth-order valence-corrected chi connectivity index (χ4v) is 5.16. The molecule has 0 unspecified atom stereocenters. The van der Waals surface area contributed by atoms with Crippen molar-refractivity contribution in [1.82, 2.24) is 19.2 Å². The Balaban J connectivity index is 1.29. The van der Waals surface area contributed by atoms with E-state index in [1.807, 2.05) is 23.1 Å². The van der Waals surface area contributed by atoms with Gasteiger partial charge in [-0.25, -0.2) is 9.37 Å². The Kier molecular flexibility index (Phi) is 6.48. The van der Waals surface area contributed by atoms with Gasteiger partial charge in [0.25, 0.3) is 5.91 Å². The van der Waals surface area contributed by atoms with Gasteiger partial charge in [0.1, 0.15) is 11.5 Å². The predicted octanol–water partition coefficient (Wildman–Crippen LogP) is 6.07. The first-order valence-electron chi connectivity index (χ1n) is 13.0. The molecule has 38 heavy (non-hydrogen) atoms. The Morgan fingerprint density at radius 3 is 2.29 bits per heavy atom. The first-order valence-corrected chi connectivity index (χ1v) is 13.0. The maximum Gasteiger partial charge on any atom is 0.253 e. The molecule has 3 heterocycles. The van der Waals surface area contributed by atoms with Crippen molar-refractivity contribution in [2.24, 2.45) is 0 Å². The Bertz CT molecular complexity index is 1590. The van der Waals surface area contributed by atoms with Gasteiger partial charge in [0.05, 0.1) is 11.4 Å². The fourth-order valence-electron chi connectivity index (χ4n) is 5.16. The van der Waals surface area contributed by atoms with E-state index in [4.69, 9.17) is 4.98 Å². The van der Waals surface area contributed by atoms with Crippen molar-refractivity contribution in [1.29, 1.82) is 0 Å². The standard InChI is InChI=1S/C32H29FN4O/c1-23-6-5-9-26(20-23)27-12-15-30-34-31(24-7-3-2-4-8-24)29(37(30)21-27)22-35-16-18-36(19-17-35)32(38)25-10-13-28(33)14-11-25/h2-15,20-21H,16-19,22H2,1H3. The number of carbonyl (C=O) groups excluding carboxylic acids is 1. The molecule has 1 aliphatic heterocycles. The van der Waals surface area contributed by atoms with Gasteiger partial charge >= 0.3 is 0 Å². The van der Waals surface area contributed by atoms with Gasteiger partial charge in [0.2, 0.25) is 0 Å². The van der Waals surface area contributed by atoms with E-state index in [9.17, 15) is 9.18 Å². The highest BCUT2D eigenvalue weighted by Crippen LogP contribution is 2.29. The maximum absolute atomic E-state index is 13.3. The molecule has 0 spiro atoms. The highest BCUT2D eigenvalue weighted by atomic mass is 19.1. The lowest BCUT2D eigenvalue weighted by Gasteiger charge is -2.34. The number of benzene rings is 3. The predicted molar refractivity (Wildman–Crippen MR) is 148 cm³/mol. The SMILES string of the molecule is Cc1cccc(-c2ccc3nc(-c4ccccc4)c(CN4CCN(C(=O)c5ccc(F)cc5)CC4)n3c2)c1. The topological polar surface area (TPSA) is 40.9 Å². The number of aryl methyl sites for hydroxylation is 1. The molecule has 0 radical (unpaired) electrons. The van der Waals surface area contributed by atoms with Crippen molar-refractivity contribution >= 4 is 11.6 Å². The lowest BCUT2D eigenvalue weighted by molar-refractivity contribution is 0.0627. The van der Waals surface area contributed by atoms with Crippen LogP contribution >= 0.6 is 0 Å². The van der Waals surface area contributed by atoms with Crippen molar-refractivity contribution in [3.8, 4) is 22.4 Å². The van der Waals surface area contributed by atoms with Crippen LogP contribution in [-0.2, 0) is 6.54 Å². The zero-order valence-electron chi connectivity index (χ0n) is 21.3. The van der Waals surface area contributed by atoms with E-state index in [-0.39, 0.29) is 11.7 Å². The van der Waals surface area contributed by atoms with Crippen LogP contribution < -0.4 is 0 Å². The summed E-state index contributed by atoms with van der Waals surface area (Å²) in [6.45, 7) is 5.60. The molecule has 1 fully saturated rings. The average molecular weight is 505 g/mol. The van der Waals surface area contributed by atoms with Gasteiger partial charge in [-0.05, 0) is 54.4 Å². The van der Waals surface area contributed by atoms with Crippen LogP contribution in [-0.4, -0.2) is 51.3 Å². The molecule has 1 amide bonds. The summed E-state index contributed by atoms with van der Waals surface area (Å²) in [5, 5.41) is 0. The molecule has 5 aromatic rings. The number of hydrogen-bond acceptors (Lipinski definition) is 3. The Morgan fingerprint density at radius 2 is 1.55 bits per heavy atom. The second-order valence-corrected chi connectivity index (χ2v) is 9.86. The molecular formula is C32H29FN4O. The van der Waals surface area contributed by atoms with Crippen molar-refractivity contribution < 1.29 is 9.18 Å². The number of carbonyl (C=O) groups is 1. The molecule has 5 nitrogen and oxygen atoms in total. The number of amides is 1. The Hall–Kier alpha value is -4.29. The first kappa shape index (κ1) is 24.1. The number of pyridine rings is 1. The summed E-state index contributed by atoms with van der Waals surface area (Å²) in [7, 11) is 0. The van der Waals surface area contributed by atoms with E-state index < -0.39 is 0 Å². The van der Waals surface area contributed by atoms with Crippen LogP contribution in [0.2, 0.25) is 0 Å². The maximum atomic E-state index is 13.3. The first-order chi connectivity index (χ1) is 18.5. The number of fused-ring (bicyclic) bond motifs is 1. The highest BCUT2D eigenvalue weighted by molar-refractivity contribution is 5.94. The minimum absolute atomic E-state index is 0.0489. The third kappa shape index (κ3) is 4.83. The lowest BCUT2D eigenvalue weighted by Crippen LogP contribution is -2.48. The summed E-state index contributed by atoms with van der Waals surface area (Å²) >= 11 is 0. The third-order valence-corrected chi connectivity index (χ3v) is 7.24. The fraction of sp³-hybridized carbons (Fsp3) is 0.188. The van der Waals surface area contributed by atoms with Crippen LogP contribution in [0.4, 0.5) is 4.39 Å². The van der Waals surface area contributed by atoms with Gasteiger partial charge in [-0.3, -0.25) is 9.69 Å².